The Morgan fingerprint density at radius 3 is 2.88 bits per heavy atom. The van der Waals surface area contributed by atoms with Crippen molar-refractivity contribution in [3.8, 4) is 6.07 Å². The van der Waals surface area contributed by atoms with Crippen molar-refractivity contribution in [1.29, 1.82) is 5.26 Å². The molecule has 0 aromatic rings. The van der Waals surface area contributed by atoms with Gasteiger partial charge in [-0.3, -0.25) is 23.3 Å². The highest BCUT2D eigenvalue weighted by Crippen LogP contribution is 2.60. The monoisotopic (exact) mass is 368 g/mol. The minimum atomic E-state index is -3.79. The third-order valence-electron chi connectivity index (χ3n) is 4.36. The van der Waals surface area contributed by atoms with Crippen LogP contribution in [0.15, 0.2) is 24.4 Å². The smallest absolute Gasteiger partial charge is 0.348 e. The van der Waals surface area contributed by atoms with E-state index < -0.39 is 31.7 Å². The van der Waals surface area contributed by atoms with Crippen molar-refractivity contribution in [3.63, 3.8) is 0 Å². The maximum absolute atomic E-state index is 12.6. The number of ether oxygens (including phenoxy) is 1. The fraction of sp³-hybridized carbons (Fsp3) is 0.625. The van der Waals surface area contributed by atoms with Gasteiger partial charge in [-0.15, -0.1) is 0 Å². The predicted octanol–water partition coefficient (Wildman–Crippen LogP) is 2.49. The van der Waals surface area contributed by atoms with Crippen molar-refractivity contribution in [2.45, 2.75) is 51.7 Å². The zero-order valence-corrected chi connectivity index (χ0v) is 15.3. The zero-order valence-electron chi connectivity index (χ0n) is 14.4. The molecule has 136 valence electrons. The molecule has 0 bridgehead atoms. The first kappa shape index (κ1) is 18.3. The van der Waals surface area contributed by atoms with Crippen LogP contribution in [0.5, 0.6) is 0 Å². The van der Waals surface area contributed by atoms with Crippen LogP contribution in [0.25, 0.3) is 0 Å². The van der Waals surface area contributed by atoms with Crippen molar-refractivity contribution in [1.82, 2.24) is 4.90 Å². The van der Waals surface area contributed by atoms with Gasteiger partial charge in [0.05, 0.1) is 25.2 Å². The highest BCUT2D eigenvalue weighted by atomic mass is 31.2. The molecule has 1 amide bonds. The van der Waals surface area contributed by atoms with Gasteiger partial charge >= 0.3 is 7.82 Å². The van der Waals surface area contributed by atoms with Crippen molar-refractivity contribution in [2.24, 2.45) is 5.41 Å². The summed E-state index contributed by atoms with van der Waals surface area (Å²) in [4.78, 5) is 13.7. The maximum atomic E-state index is 12.6. The number of nitrogens with zero attached hydrogens (tertiary/aromatic N) is 2. The Labute approximate surface area is 146 Å². The molecule has 2 fully saturated rings. The third kappa shape index (κ3) is 3.19. The summed E-state index contributed by atoms with van der Waals surface area (Å²) in [5.41, 5.74) is -0.548. The summed E-state index contributed by atoms with van der Waals surface area (Å²) < 4.78 is 34.6. The van der Waals surface area contributed by atoms with E-state index in [4.69, 9.17) is 18.3 Å². The van der Waals surface area contributed by atoms with E-state index in [1.54, 1.807) is 33.0 Å². The normalized spacial score (nSPS) is 41.1. The lowest BCUT2D eigenvalue weighted by Gasteiger charge is -2.36. The summed E-state index contributed by atoms with van der Waals surface area (Å²) in [6.07, 6.45) is 0.696. The summed E-state index contributed by atoms with van der Waals surface area (Å²) >= 11 is 0. The number of carbonyl (C=O) groups excluding carboxylic acids is 1. The second kappa shape index (κ2) is 6.35. The lowest BCUT2D eigenvalue weighted by atomic mass is 9.83. The molecule has 3 heterocycles. The van der Waals surface area contributed by atoms with Crippen LogP contribution in [-0.4, -0.2) is 42.0 Å². The van der Waals surface area contributed by atoms with E-state index in [0.29, 0.717) is 5.57 Å². The Morgan fingerprint density at radius 1 is 1.56 bits per heavy atom. The lowest BCUT2D eigenvalue weighted by Crippen LogP contribution is -2.49. The molecule has 0 radical (unpaired) electrons. The van der Waals surface area contributed by atoms with Crippen LogP contribution in [0.1, 0.15) is 27.2 Å². The van der Waals surface area contributed by atoms with Crippen LogP contribution in [0, 0.1) is 16.7 Å². The number of phosphoric acid groups is 1. The van der Waals surface area contributed by atoms with E-state index in [1.165, 1.54) is 4.90 Å². The number of carbonyl (C=O) groups is 1. The largest absolute Gasteiger partial charge is 0.475 e. The molecule has 0 aromatic carbocycles. The summed E-state index contributed by atoms with van der Waals surface area (Å²) in [7, 11) is -3.79. The topological polar surface area (TPSA) is 98.1 Å². The van der Waals surface area contributed by atoms with Crippen LogP contribution in [0.3, 0.4) is 0 Å². The molecule has 2 saturated heterocycles. The van der Waals surface area contributed by atoms with E-state index in [-0.39, 0.29) is 25.0 Å². The van der Waals surface area contributed by atoms with Gasteiger partial charge in [0.2, 0.25) is 5.91 Å². The van der Waals surface area contributed by atoms with Gasteiger partial charge in [0.15, 0.2) is 6.23 Å². The van der Waals surface area contributed by atoms with Gasteiger partial charge in [0.1, 0.15) is 17.6 Å². The minimum absolute atomic E-state index is 0.0408. The minimum Gasteiger partial charge on any atom is -0.348 e. The van der Waals surface area contributed by atoms with Crippen molar-refractivity contribution in [2.75, 3.05) is 6.61 Å². The SMILES string of the molecule is C=C1C=CN([C@@H]2O[C@@H]3CO[P@](=O)(OC(C)C)O[C@H]3[C@@]2(C)C#N)C(=O)C1. The molecule has 0 unspecified atom stereocenters. The zero-order chi connectivity index (χ0) is 18.4. The first-order chi connectivity index (χ1) is 11.7. The van der Waals surface area contributed by atoms with E-state index in [1.807, 2.05) is 0 Å². The Morgan fingerprint density at radius 2 is 2.28 bits per heavy atom. The first-order valence-electron chi connectivity index (χ1n) is 8.04. The van der Waals surface area contributed by atoms with Crippen LogP contribution in [0.4, 0.5) is 0 Å². The van der Waals surface area contributed by atoms with Crippen molar-refractivity contribution < 1.29 is 27.7 Å². The average molecular weight is 368 g/mol. The molecule has 0 aliphatic carbocycles. The van der Waals surface area contributed by atoms with Gasteiger partial charge in [-0.2, -0.15) is 5.26 Å². The number of hydrogen-bond donors (Lipinski definition) is 0. The molecule has 25 heavy (non-hydrogen) atoms. The van der Waals surface area contributed by atoms with Crippen molar-refractivity contribution in [3.05, 3.63) is 24.4 Å². The Balaban J connectivity index is 1.89. The third-order valence-corrected chi connectivity index (χ3v) is 5.99. The molecular weight excluding hydrogens is 347 g/mol. The van der Waals surface area contributed by atoms with E-state index in [0.717, 1.165) is 0 Å². The number of nitriles is 1. The summed E-state index contributed by atoms with van der Waals surface area (Å²) in [5.74, 6) is -0.222. The van der Waals surface area contributed by atoms with Gasteiger partial charge < -0.3 is 4.74 Å². The Kier molecular flexibility index (Phi) is 4.65. The molecule has 5 atom stereocenters. The highest BCUT2D eigenvalue weighted by molar-refractivity contribution is 7.48. The first-order valence-corrected chi connectivity index (χ1v) is 9.50. The summed E-state index contributed by atoms with van der Waals surface area (Å²) in [5, 5.41) is 9.79. The molecule has 0 spiro atoms. The fourth-order valence-corrected chi connectivity index (χ4v) is 4.80. The standard InChI is InChI=1S/C16H21N2O6P/c1-10(2)23-25(20)21-8-12-14(24-25)16(4,9-17)15(22-12)18-6-5-11(3)7-13(18)19/h5-6,10,12,14-15H,3,7-8H2,1-2,4H3/t12-,14-,15-,16-,25-/m1/s1. The quantitative estimate of drug-likeness (QED) is 0.706. The van der Waals surface area contributed by atoms with Crippen LogP contribution in [-0.2, 0) is 27.7 Å². The van der Waals surface area contributed by atoms with Crippen molar-refractivity contribution >= 4 is 13.7 Å². The number of allylic oxidation sites excluding steroid dienone is 1. The molecule has 3 aliphatic rings. The Hall–Kier alpha value is -1.49. The summed E-state index contributed by atoms with van der Waals surface area (Å²) in [6, 6.07) is 2.18. The highest BCUT2D eigenvalue weighted by Gasteiger charge is 2.62. The fourth-order valence-electron chi connectivity index (χ4n) is 3.15. The van der Waals surface area contributed by atoms with Gasteiger partial charge in [0, 0.05) is 6.20 Å². The van der Waals surface area contributed by atoms with E-state index in [2.05, 4.69) is 12.6 Å². The maximum Gasteiger partial charge on any atom is 0.475 e. The molecule has 8 nitrogen and oxygen atoms in total. The van der Waals surface area contributed by atoms with Gasteiger partial charge in [-0.25, -0.2) is 4.57 Å². The second-order valence-electron chi connectivity index (χ2n) is 6.80. The number of phosphoric ester groups is 1. The van der Waals surface area contributed by atoms with Gasteiger partial charge in [-0.1, -0.05) is 6.58 Å². The molecule has 0 saturated carbocycles. The second-order valence-corrected chi connectivity index (χ2v) is 8.37. The average Bonchev–Trinajstić information content (AvgIpc) is 2.79. The number of fused-ring (bicyclic) bond motifs is 1. The molecule has 3 rings (SSSR count). The van der Waals surface area contributed by atoms with Crippen LogP contribution >= 0.6 is 7.82 Å². The van der Waals surface area contributed by atoms with Gasteiger partial charge in [0.25, 0.3) is 0 Å². The molecule has 3 aliphatic heterocycles. The van der Waals surface area contributed by atoms with E-state index in [9.17, 15) is 14.6 Å². The van der Waals surface area contributed by atoms with E-state index >= 15 is 0 Å². The molecule has 0 N–H and O–H groups in total. The predicted molar refractivity (Wildman–Crippen MR) is 86.8 cm³/mol. The van der Waals surface area contributed by atoms with Gasteiger partial charge in [-0.05, 0) is 32.4 Å². The molecule has 9 heteroatoms. The lowest BCUT2D eigenvalue weighted by molar-refractivity contribution is -0.144. The summed E-state index contributed by atoms with van der Waals surface area (Å²) in [6.45, 7) is 8.76. The van der Waals surface area contributed by atoms with Crippen LogP contribution < -0.4 is 0 Å². The molecular formula is C16H21N2O6P. The Bertz CT molecular complexity index is 714. The van der Waals surface area contributed by atoms with Crippen LogP contribution in [0.2, 0.25) is 0 Å². The number of hydrogen-bond acceptors (Lipinski definition) is 7. The number of amides is 1. The molecule has 0 aromatic heterocycles. The number of rotatable bonds is 3.